The molecule has 0 radical (unpaired) electrons. The molecular weight excluding hydrogens is 432 g/mol. The maximum atomic E-state index is 12.6. The number of nitrogens with zero attached hydrogens (tertiary/aromatic N) is 1. The van der Waals surface area contributed by atoms with Crippen molar-refractivity contribution in [2.24, 2.45) is 5.92 Å². The van der Waals surface area contributed by atoms with E-state index >= 15 is 0 Å². The number of alkyl carbamates (subject to hydrolysis) is 1. The Labute approximate surface area is 188 Å². The summed E-state index contributed by atoms with van der Waals surface area (Å²) in [6.45, 7) is 3.88. The highest BCUT2D eigenvalue weighted by molar-refractivity contribution is 7.73. The van der Waals surface area contributed by atoms with Gasteiger partial charge in [0.15, 0.2) is 3.95 Å². The van der Waals surface area contributed by atoms with Crippen molar-refractivity contribution in [3.8, 4) is 11.1 Å². The summed E-state index contributed by atoms with van der Waals surface area (Å²) in [5.41, 5.74) is 4.59. The van der Waals surface area contributed by atoms with Gasteiger partial charge >= 0.3 is 6.09 Å². The van der Waals surface area contributed by atoms with E-state index in [2.05, 4.69) is 45.1 Å². The largest absolute Gasteiger partial charge is 0.449 e. The molecule has 1 heterocycles. The molecule has 2 amide bonds. The lowest BCUT2D eigenvalue weighted by Gasteiger charge is -2.21. The van der Waals surface area contributed by atoms with Crippen LogP contribution in [-0.4, -0.2) is 34.8 Å². The number of nitrogens with one attached hydrogen (secondary N) is 3. The van der Waals surface area contributed by atoms with Gasteiger partial charge in [0.25, 0.3) is 0 Å². The van der Waals surface area contributed by atoms with Crippen molar-refractivity contribution in [3.63, 3.8) is 0 Å². The van der Waals surface area contributed by atoms with Crippen LogP contribution < -0.4 is 10.6 Å². The Morgan fingerprint density at radius 1 is 1.13 bits per heavy atom. The quantitative estimate of drug-likeness (QED) is 0.469. The lowest BCUT2D eigenvalue weighted by atomic mass is 9.98. The highest BCUT2D eigenvalue weighted by Gasteiger charge is 2.30. The first-order valence-corrected chi connectivity index (χ1v) is 11.1. The molecule has 1 aliphatic rings. The zero-order chi connectivity index (χ0) is 22.0. The smallest absolute Gasteiger partial charge is 0.407 e. The van der Waals surface area contributed by atoms with Crippen molar-refractivity contribution in [2.45, 2.75) is 25.8 Å². The number of hydrogen-bond acceptors (Lipinski definition) is 6. The van der Waals surface area contributed by atoms with Crippen molar-refractivity contribution in [2.75, 3.05) is 11.9 Å². The maximum Gasteiger partial charge on any atom is 0.407 e. The predicted octanol–water partition coefficient (Wildman–Crippen LogP) is 4.70. The number of ether oxygens (including phenoxy) is 1. The Morgan fingerprint density at radius 2 is 1.74 bits per heavy atom. The van der Waals surface area contributed by atoms with Crippen molar-refractivity contribution in [1.29, 1.82) is 0 Å². The fraction of sp³-hybridized carbons (Fsp3) is 0.273. The average molecular weight is 455 g/mol. The van der Waals surface area contributed by atoms with Gasteiger partial charge in [-0.15, -0.1) is 5.10 Å². The van der Waals surface area contributed by atoms with E-state index in [0.29, 0.717) is 9.09 Å². The van der Waals surface area contributed by atoms with Crippen LogP contribution in [0.1, 0.15) is 30.9 Å². The van der Waals surface area contributed by atoms with E-state index < -0.39 is 12.1 Å². The van der Waals surface area contributed by atoms with Crippen LogP contribution in [0.25, 0.3) is 11.1 Å². The minimum atomic E-state index is -0.770. The van der Waals surface area contributed by atoms with Gasteiger partial charge in [0.05, 0.1) is 0 Å². The number of aromatic nitrogens is 2. The molecular formula is C22H22N4O3S2. The fourth-order valence-corrected chi connectivity index (χ4v) is 4.56. The van der Waals surface area contributed by atoms with E-state index in [1.54, 1.807) is 0 Å². The number of rotatable bonds is 6. The third kappa shape index (κ3) is 4.52. The number of carbonyl (C=O) groups excluding carboxylic acids is 2. The van der Waals surface area contributed by atoms with E-state index in [1.807, 2.05) is 38.1 Å². The highest BCUT2D eigenvalue weighted by atomic mass is 32.1. The normalized spacial score (nSPS) is 13.4. The highest BCUT2D eigenvalue weighted by Crippen LogP contribution is 2.44. The Morgan fingerprint density at radius 3 is 2.29 bits per heavy atom. The van der Waals surface area contributed by atoms with Crippen molar-refractivity contribution < 1.29 is 14.3 Å². The summed E-state index contributed by atoms with van der Waals surface area (Å²) >= 11 is 6.13. The van der Waals surface area contributed by atoms with Gasteiger partial charge in [-0.3, -0.25) is 15.2 Å². The molecule has 4 rings (SSSR count). The molecule has 2 aromatic carbocycles. The molecule has 1 aromatic heterocycles. The molecule has 3 N–H and O–H groups in total. The number of hydrogen-bond donors (Lipinski definition) is 3. The summed E-state index contributed by atoms with van der Waals surface area (Å²) in [6, 6.07) is 15.5. The maximum absolute atomic E-state index is 12.6. The molecule has 0 spiro atoms. The molecule has 160 valence electrons. The van der Waals surface area contributed by atoms with Crippen molar-refractivity contribution >= 4 is 40.7 Å². The van der Waals surface area contributed by atoms with Crippen LogP contribution in [0.4, 0.5) is 9.93 Å². The Balaban J connectivity index is 1.42. The molecule has 0 bridgehead atoms. The van der Waals surface area contributed by atoms with Crippen LogP contribution in [-0.2, 0) is 9.53 Å². The summed E-state index contributed by atoms with van der Waals surface area (Å²) in [7, 11) is 0. The van der Waals surface area contributed by atoms with Crippen LogP contribution >= 0.6 is 23.6 Å². The molecule has 31 heavy (non-hydrogen) atoms. The Bertz CT molecular complexity index is 1130. The van der Waals surface area contributed by atoms with Gasteiger partial charge in [-0.25, -0.2) is 4.79 Å². The Kier molecular flexibility index (Phi) is 6.15. The number of carbonyl (C=O) groups is 2. The molecule has 0 unspecified atom stereocenters. The number of anilines is 1. The lowest BCUT2D eigenvalue weighted by Crippen LogP contribution is -2.47. The van der Waals surface area contributed by atoms with Gasteiger partial charge in [-0.05, 0) is 40.4 Å². The number of amides is 2. The minimum absolute atomic E-state index is 0.0409. The summed E-state index contributed by atoms with van der Waals surface area (Å²) in [5, 5.41) is 12.2. The first-order chi connectivity index (χ1) is 14.9. The molecule has 0 saturated carbocycles. The van der Waals surface area contributed by atoms with Gasteiger partial charge in [-0.1, -0.05) is 73.7 Å². The van der Waals surface area contributed by atoms with E-state index in [4.69, 9.17) is 17.0 Å². The molecule has 0 fully saturated rings. The van der Waals surface area contributed by atoms with Gasteiger partial charge in [0.2, 0.25) is 11.0 Å². The second kappa shape index (κ2) is 8.99. The molecule has 1 aliphatic carbocycles. The van der Waals surface area contributed by atoms with Gasteiger partial charge in [-0.2, -0.15) is 0 Å². The van der Waals surface area contributed by atoms with E-state index in [0.717, 1.165) is 33.6 Å². The molecule has 3 aromatic rings. The number of aromatic amines is 1. The minimum Gasteiger partial charge on any atom is -0.449 e. The van der Waals surface area contributed by atoms with Crippen LogP contribution in [0.15, 0.2) is 48.5 Å². The first kappa shape index (κ1) is 21.2. The number of H-pyrrole nitrogens is 1. The lowest BCUT2D eigenvalue weighted by molar-refractivity contribution is -0.119. The topological polar surface area (TPSA) is 96.1 Å². The van der Waals surface area contributed by atoms with Crippen molar-refractivity contribution in [1.82, 2.24) is 15.5 Å². The van der Waals surface area contributed by atoms with Crippen LogP contribution in [0.2, 0.25) is 0 Å². The molecule has 9 heteroatoms. The molecule has 0 saturated heterocycles. The fourth-order valence-electron chi connectivity index (χ4n) is 3.77. The predicted molar refractivity (Wildman–Crippen MR) is 123 cm³/mol. The van der Waals surface area contributed by atoms with Crippen molar-refractivity contribution in [3.05, 3.63) is 63.6 Å². The monoisotopic (exact) mass is 454 g/mol. The van der Waals surface area contributed by atoms with E-state index in [9.17, 15) is 9.59 Å². The standard InChI is InChI=1S/C22H22N4O3S2/c1-12(2)18(19(27)24-20-25-26-22(30)31-20)23-21(28)29-11-17-15-9-5-3-7-13(15)14-8-4-6-10-16(14)17/h3-10,12,17-18H,11H2,1-2H3,(H,23,28)(H,26,30)(H,24,25,27)/t18-/m0/s1. The summed E-state index contributed by atoms with van der Waals surface area (Å²) in [6.07, 6.45) is -0.634. The van der Waals surface area contributed by atoms with Gasteiger partial charge in [0, 0.05) is 5.92 Å². The zero-order valence-electron chi connectivity index (χ0n) is 17.0. The summed E-state index contributed by atoms with van der Waals surface area (Å²) < 4.78 is 6.02. The first-order valence-electron chi connectivity index (χ1n) is 9.92. The van der Waals surface area contributed by atoms with Crippen LogP contribution in [0.3, 0.4) is 0 Å². The van der Waals surface area contributed by atoms with E-state index in [-0.39, 0.29) is 24.3 Å². The van der Waals surface area contributed by atoms with Gasteiger partial charge in [0.1, 0.15) is 12.6 Å². The SMILES string of the molecule is CC(C)[C@H](NC(=O)OCC1c2ccccc2-c2ccccc21)C(=O)Nc1n[nH]c(=S)s1. The van der Waals surface area contributed by atoms with E-state index in [1.165, 1.54) is 0 Å². The second-order valence-electron chi connectivity index (χ2n) is 7.60. The molecule has 0 aliphatic heterocycles. The number of benzene rings is 2. The number of fused-ring (bicyclic) bond motifs is 3. The zero-order valence-corrected chi connectivity index (χ0v) is 18.7. The summed E-state index contributed by atoms with van der Waals surface area (Å²) in [5.74, 6) is -0.561. The van der Waals surface area contributed by atoms with Crippen LogP contribution in [0, 0.1) is 9.87 Å². The summed E-state index contributed by atoms with van der Waals surface area (Å²) in [4.78, 5) is 25.2. The molecule has 1 atom stereocenters. The Hall–Kier alpha value is -3.04. The third-order valence-corrected chi connectivity index (χ3v) is 6.24. The average Bonchev–Trinajstić information content (AvgIpc) is 3.31. The van der Waals surface area contributed by atoms with Crippen LogP contribution in [0.5, 0.6) is 0 Å². The van der Waals surface area contributed by atoms with Gasteiger partial charge < -0.3 is 10.1 Å². The third-order valence-electron chi connectivity index (χ3n) is 5.23. The molecule has 7 nitrogen and oxygen atoms in total. The second-order valence-corrected chi connectivity index (χ2v) is 9.26.